The topological polar surface area (TPSA) is 61.6 Å². The van der Waals surface area contributed by atoms with Gasteiger partial charge in [0.1, 0.15) is 13.2 Å². The average molecular weight is 276 g/mol. The van der Waals surface area contributed by atoms with Crippen molar-refractivity contribution >= 4 is 11.8 Å². The van der Waals surface area contributed by atoms with E-state index < -0.39 is 0 Å². The molecule has 0 saturated carbocycles. The van der Waals surface area contributed by atoms with Gasteiger partial charge in [-0.15, -0.1) is 0 Å². The minimum absolute atomic E-state index is 0.230. The second kappa shape index (κ2) is 5.60. The Labute approximate surface area is 117 Å². The van der Waals surface area contributed by atoms with Crippen LogP contribution in [0.4, 0.5) is 0 Å². The molecule has 0 aliphatic carbocycles. The van der Waals surface area contributed by atoms with Crippen LogP contribution in [-0.4, -0.2) is 51.7 Å². The molecular formula is C14H16N2O4. The molecule has 0 N–H and O–H groups in total. The smallest absolute Gasteiger partial charge is 0.218 e. The molecule has 106 valence electrons. The Morgan fingerprint density at radius 1 is 0.950 bits per heavy atom. The van der Waals surface area contributed by atoms with Gasteiger partial charge in [0.15, 0.2) is 12.5 Å². The lowest BCUT2D eigenvalue weighted by molar-refractivity contribution is 0.0833. The number of ether oxygens (including phenoxy) is 4. The Hall–Kier alpha value is -1.92. The zero-order chi connectivity index (χ0) is 13.9. The standard InChI is InChI=1S/C14H16N2O4/c1-17-11-7-19-13(15-11)9-4-3-5-10(6-9)14-16-12(18-2)8-20-14/h3-6,11-12H,7-8H2,1-2H3. The van der Waals surface area contributed by atoms with E-state index >= 15 is 0 Å². The van der Waals surface area contributed by atoms with E-state index in [0.717, 1.165) is 11.1 Å². The van der Waals surface area contributed by atoms with E-state index in [1.54, 1.807) is 14.2 Å². The first kappa shape index (κ1) is 13.1. The zero-order valence-corrected chi connectivity index (χ0v) is 11.4. The van der Waals surface area contributed by atoms with Gasteiger partial charge in [0.2, 0.25) is 11.8 Å². The van der Waals surface area contributed by atoms with E-state index in [-0.39, 0.29) is 12.5 Å². The highest BCUT2D eigenvalue weighted by Crippen LogP contribution is 2.17. The summed E-state index contributed by atoms with van der Waals surface area (Å²) >= 11 is 0. The summed E-state index contributed by atoms with van der Waals surface area (Å²) in [6, 6.07) is 7.73. The summed E-state index contributed by atoms with van der Waals surface area (Å²) in [5.74, 6) is 1.17. The lowest BCUT2D eigenvalue weighted by Crippen LogP contribution is -2.08. The van der Waals surface area contributed by atoms with E-state index in [4.69, 9.17) is 18.9 Å². The number of methoxy groups -OCH3 is 2. The van der Waals surface area contributed by atoms with Gasteiger partial charge in [0.25, 0.3) is 0 Å². The summed E-state index contributed by atoms with van der Waals surface area (Å²) in [4.78, 5) is 8.68. The zero-order valence-electron chi connectivity index (χ0n) is 11.4. The van der Waals surface area contributed by atoms with Crippen LogP contribution >= 0.6 is 0 Å². The monoisotopic (exact) mass is 276 g/mol. The summed E-state index contributed by atoms with van der Waals surface area (Å²) in [7, 11) is 3.23. The van der Waals surface area contributed by atoms with Crippen LogP contribution in [0.5, 0.6) is 0 Å². The molecule has 2 unspecified atom stereocenters. The first-order valence-electron chi connectivity index (χ1n) is 6.37. The molecular weight excluding hydrogens is 260 g/mol. The van der Waals surface area contributed by atoms with E-state index in [9.17, 15) is 0 Å². The fourth-order valence-corrected chi connectivity index (χ4v) is 2.05. The highest BCUT2D eigenvalue weighted by Gasteiger charge is 2.22. The second-order valence-corrected chi connectivity index (χ2v) is 4.45. The highest BCUT2D eigenvalue weighted by molar-refractivity contribution is 6.00. The normalized spacial score (nSPS) is 24.9. The van der Waals surface area contributed by atoms with Gasteiger partial charge in [-0.3, -0.25) is 0 Å². The van der Waals surface area contributed by atoms with Crippen LogP contribution in [0.3, 0.4) is 0 Å². The van der Waals surface area contributed by atoms with Crippen molar-refractivity contribution in [2.45, 2.75) is 12.5 Å². The molecule has 1 aromatic carbocycles. The van der Waals surface area contributed by atoms with Crippen LogP contribution in [0.2, 0.25) is 0 Å². The lowest BCUT2D eigenvalue weighted by atomic mass is 10.1. The lowest BCUT2D eigenvalue weighted by Gasteiger charge is -2.04. The van der Waals surface area contributed by atoms with Gasteiger partial charge in [0, 0.05) is 25.3 Å². The Kier molecular flexibility index (Phi) is 3.66. The maximum atomic E-state index is 5.52. The molecule has 0 saturated heterocycles. The Balaban J connectivity index is 1.84. The molecule has 1 aromatic rings. The van der Waals surface area contributed by atoms with Gasteiger partial charge >= 0.3 is 0 Å². The molecule has 0 radical (unpaired) electrons. The maximum Gasteiger partial charge on any atom is 0.218 e. The SMILES string of the molecule is COC1COC(c2cccc(C3=NC(OC)CO3)c2)=N1. The maximum absolute atomic E-state index is 5.52. The number of hydrogen-bond donors (Lipinski definition) is 0. The second-order valence-electron chi connectivity index (χ2n) is 4.45. The van der Waals surface area contributed by atoms with Gasteiger partial charge < -0.3 is 18.9 Å². The van der Waals surface area contributed by atoms with E-state index in [0.29, 0.717) is 25.0 Å². The molecule has 2 aliphatic heterocycles. The molecule has 6 heteroatoms. The van der Waals surface area contributed by atoms with E-state index in [2.05, 4.69) is 9.98 Å². The number of nitrogens with zero attached hydrogens (tertiary/aromatic N) is 2. The summed E-state index contributed by atoms with van der Waals surface area (Å²) in [6.45, 7) is 0.887. The van der Waals surface area contributed by atoms with Gasteiger partial charge in [0.05, 0.1) is 0 Å². The first-order valence-corrected chi connectivity index (χ1v) is 6.37. The van der Waals surface area contributed by atoms with Gasteiger partial charge in [-0.2, -0.15) is 0 Å². The molecule has 2 atom stereocenters. The van der Waals surface area contributed by atoms with Crippen molar-refractivity contribution in [3.63, 3.8) is 0 Å². The first-order chi connectivity index (χ1) is 9.80. The summed E-state index contributed by atoms with van der Waals surface area (Å²) in [6.07, 6.45) is -0.460. The fraction of sp³-hybridized carbons (Fsp3) is 0.429. The number of aliphatic imine (C=N–C) groups is 2. The predicted octanol–water partition coefficient (Wildman–Crippen LogP) is 1.19. The highest BCUT2D eigenvalue weighted by atomic mass is 16.6. The van der Waals surface area contributed by atoms with Crippen LogP contribution in [0.15, 0.2) is 34.3 Å². The third kappa shape index (κ3) is 2.52. The Morgan fingerprint density at radius 3 is 1.85 bits per heavy atom. The third-order valence-corrected chi connectivity index (χ3v) is 3.15. The van der Waals surface area contributed by atoms with Crippen molar-refractivity contribution in [1.82, 2.24) is 0 Å². The van der Waals surface area contributed by atoms with Crippen molar-refractivity contribution in [3.05, 3.63) is 35.4 Å². The third-order valence-electron chi connectivity index (χ3n) is 3.15. The van der Waals surface area contributed by atoms with Crippen LogP contribution in [0.25, 0.3) is 0 Å². The molecule has 20 heavy (non-hydrogen) atoms. The van der Waals surface area contributed by atoms with Gasteiger partial charge in [-0.1, -0.05) is 6.07 Å². The molecule has 0 aromatic heterocycles. The molecule has 0 fully saturated rings. The molecule has 0 bridgehead atoms. The van der Waals surface area contributed by atoms with Crippen molar-refractivity contribution < 1.29 is 18.9 Å². The molecule has 2 heterocycles. The summed E-state index contributed by atoms with van der Waals surface area (Å²) in [5, 5.41) is 0. The van der Waals surface area contributed by atoms with Crippen molar-refractivity contribution in [1.29, 1.82) is 0 Å². The van der Waals surface area contributed by atoms with Crippen LogP contribution < -0.4 is 0 Å². The quantitative estimate of drug-likeness (QED) is 0.828. The average Bonchev–Trinajstić information content (AvgIpc) is 3.16. The number of benzene rings is 1. The molecule has 0 amide bonds. The van der Waals surface area contributed by atoms with Crippen LogP contribution in [-0.2, 0) is 18.9 Å². The van der Waals surface area contributed by atoms with Crippen molar-refractivity contribution in [2.24, 2.45) is 9.98 Å². The van der Waals surface area contributed by atoms with Crippen molar-refractivity contribution in [3.8, 4) is 0 Å². The van der Waals surface area contributed by atoms with Gasteiger partial charge in [-0.05, 0) is 18.2 Å². The summed E-state index contributed by atoms with van der Waals surface area (Å²) in [5.41, 5.74) is 1.77. The number of hydrogen-bond acceptors (Lipinski definition) is 6. The minimum atomic E-state index is -0.230. The molecule has 3 rings (SSSR count). The predicted molar refractivity (Wildman–Crippen MR) is 73.0 cm³/mol. The van der Waals surface area contributed by atoms with Crippen LogP contribution in [0.1, 0.15) is 11.1 Å². The molecule has 2 aliphatic rings. The largest absolute Gasteiger partial charge is 0.473 e. The van der Waals surface area contributed by atoms with E-state index in [1.807, 2.05) is 24.3 Å². The molecule has 0 spiro atoms. The van der Waals surface area contributed by atoms with Crippen LogP contribution in [0, 0.1) is 0 Å². The number of rotatable bonds is 4. The minimum Gasteiger partial charge on any atom is -0.473 e. The Bertz CT molecular complexity index is 511. The summed E-state index contributed by atoms with van der Waals surface area (Å²) < 4.78 is 21.3. The molecule has 6 nitrogen and oxygen atoms in total. The van der Waals surface area contributed by atoms with Gasteiger partial charge in [-0.25, -0.2) is 9.98 Å². The fourth-order valence-electron chi connectivity index (χ4n) is 2.05. The Morgan fingerprint density at radius 2 is 1.45 bits per heavy atom. The van der Waals surface area contributed by atoms with E-state index in [1.165, 1.54) is 0 Å². The van der Waals surface area contributed by atoms with Crippen molar-refractivity contribution in [2.75, 3.05) is 27.4 Å².